The maximum absolute atomic E-state index is 12.1. The Labute approximate surface area is 151 Å². The Bertz CT molecular complexity index is 899. The zero-order valence-electron chi connectivity index (χ0n) is 14.9. The predicted octanol–water partition coefficient (Wildman–Crippen LogP) is 2.26. The van der Waals surface area contributed by atoms with Gasteiger partial charge in [-0.15, -0.1) is 0 Å². The second kappa shape index (κ2) is 7.86. The first-order valence-corrected chi connectivity index (χ1v) is 8.60. The Morgan fingerprint density at radius 1 is 1.23 bits per heavy atom. The van der Waals surface area contributed by atoms with E-state index in [4.69, 9.17) is 4.42 Å². The molecule has 2 amide bonds. The first kappa shape index (κ1) is 17.7. The summed E-state index contributed by atoms with van der Waals surface area (Å²) < 4.78 is 7.15. The third kappa shape index (κ3) is 3.93. The summed E-state index contributed by atoms with van der Waals surface area (Å²) in [4.78, 5) is 28.5. The zero-order chi connectivity index (χ0) is 18.5. The number of furan rings is 1. The van der Waals surface area contributed by atoms with Crippen molar-refractivity contribution in [1.82, 2.24) is 20.2 Å². The van der Waals surface area contributed by atoms with E-state index in [1.165, 1.54) is 6.26 Å². The number of aromatic nitrogens is 2. The fraction of sp³-hybridized carbons (Fsp3) is 0.316. The molecule has 0 aliphatic carbocycles. The van der Waals surface area contributed by atoms with E-state index in [2.05, 4.69) is 20.2 Å². The first-order valence-electron chi connectivity index (χ1n) is 8.60. The van der Waals surface area contributed by atoms with E-state index in [0.717, 1.165) is 29.8 Å². The molecule has 7 heteroatoms. The summed E-state index contributed by atoms with van der Waals surface area (Å²) in [5, 5.41) is 5.45. The molecule has 136 valence electrons. The van der Waals surface area contributed by atoms with Gasteiger partial charge in [0.25, 0.3) is 5.91 Å². The van der Waals surface area contributed by atoms with E-state index in [0.29, 0.717) is 6.54 Å². The van der Waals surface area contributed by atoms with E-state index >= 15 is 0 Å². The number of carbonyl (C=O) groups is 2. The Morgan fingerprint density at radius 3 is 2.81 bits per heavy atom. The van der Waals surface area contributed by atoms with Crippen molar-refractivity contribution >= 4 is 22.8 Å². The van der Waals surface area contributed by atoms with E-state index in [9.17, 15) is 9.59 Å². The largest absolute Gasteiger partial charge is 0.459 e. The lowest BCUT2D eigenvalue weighted by molar-refractivity contribution is -0.122. The summed E-state index contributed by atoms with van der Waals surface area (Å²) in [7, 11) is 0. The molecular formula is C19H22N4O3. The molecule has 0 radical (unpaired) electrons. The number of amides is 2. The lowest BCUT2D eigenvalue weighted by atomic mass is 10.2. The number of hydrogen-bond acceptors (Lipinski definition) is 4. The van der Waals surface area contributed by atoms with Crippen molar-refractivity contribution in [1.29, 1.82) is 0 Å². The molecule has 0 fully saturated rings. The molecule has 7 nitrogen and oxygen atoms in total. The number of carbonyl (C=O) groups excluding carboxylic acids is 2. The summed E-state index contributed by atoms with van der Waals surface area (Å²) in [6.45, 7) is 4.90. The van der Waals surface area contributed by atoms with Gasteiger partial charge in [0, 0.05) is 13.1 Å². The van der Waals surface area contributed by atoms with Gasteiger partial charge in [0.2, 0.25) is 5.91 Å². The number of aryl methyl sites for hydroxylation is 2. The van der Waals surface area contributed by atoms with Crippen LogP contribution in [0.3, 0.4) is 0 Å². The minimum atomic E-state index is -0.636. The number of para-hydroxylation sites is 2. The lowest BCUT2D eigenvalue weighted by Crippen LogP contribution is -2.45. The van der Waals surface area contributed by atoms with Crippen LogP contribution in [0.1, 0.15) is 29.7 Å². The fourth-order valence-corrected chi connectivity index (χ4v) is 2.82. The smallest absolute Gasteiger partial charge is 0.287 e. The highest BCUT2D eigenvalue weighted by atomic mass is 16.3. The SMILES string of the molecule is Cc1nc2ccccc2n1CCCNC(=O)C(C)NC(=O)c1ccco1. The molecule has 2 heterocycles. The Morgan fingerprint density at radius 2 is 2.04 bits per heavy atom. The van der Waals surface area contributed by atoms with Crippen LogP contribution in [-0.2, 0) is 11.3 Å². The summed E-state index contributed by atoms with van der Waals surface area (Å²) >= 11 is 0. The molecule has 2 aromatic heterocycles. The standard InChI is InChI=1S/C19H22N4O3/c1-13(21-19(25)17-9-5-12-26-17)18(24)20-10-6-11-23-14(2)22-15-7-3-4-8-16(15)23/h3-5,7-9,12-13H,6,10-11H2,1-2H3,(H,20,24)(H,21,25). The van der Waals surface area contributed by atoms with Gasteiger partial charge in [-0.05, 0) is 44.5 Å². The van der Waals surface area contributed by atoms with Gasteiger partial charge in [-0.25, -0.2) is 4.98 Å². The Balaban J connectivity index is 1.46. The van der Waals surface area contributed by atoms with Crippen molar-refractivity contribution in [2.75, 3.05) is 6.54 Å². The summed E-state index contributed by atoms with van der Waals surface area (Å²) in [6, 6.07) is 10.5. The number of nitrogens with one attached hydrogen (secondary N) is 2. The van der Waals surface area contributed by atoms with Crippen molar-refractivity contribution in [3.63, 3.8) is 0 Å². The molecular weight excluding hydrogens is 332 g/mol. The molecule has 3 aromatic rings. The van der Waals surface area contributed by atoms with Crippen molar-refractivity contribution in [3.8, 4) is 0 Å². The molecule has 2 N–H and O–H groups in total. The van der Waals surface area contributed by atoms with Crippen LogP contribution in [0.15, 0.2) is 47.1 Å². The second-order valence-corrected chi connectivity index (χ2v) is 6.12. The summed E-state index contributed by atoms with van der Waals surface area (Å²) in [6.07, 6.45) is 2.19. The van der Waals surface area contributed by atoms with Gasteiger partial charge in [0.15, 0.2) is 5.76 Å². The van der Waals surface area contributed by atoms with Gasteiger partial charge in [-0.1, -0.05) is 12.1 Å². The number of fused-ring (bicyclic) bond motifs is 1. The summed E-state index contributed by atoms with van der Waals surface area (Å²) in [5.41, 5.74) is 2.07. The minimum absolute atomic E-state index is 0.187. The van der Waals surface area contributed by atoms with Gasteiger partial charge in [-0.2, -0.15) is 0 Å². The van der Waals surface area contributed by atoms with Gasteiger partial charge in [-0.3, -0.25) is 9.59 Å². The number of nitrogens with zero attached hydrogens (tertiary/aromatic N) is 2. The number of hydrogen-bond donors (Lipinski definition) is 2. The zero-order valence-corrected chi connectivity index (χ0v) is 14.9. The number of imidazole rings is 1. The van der Waals surface area contributed by atoms with Crippen LogP contribution in [0.5, 0.6) is 0 Å². The van der Waals surface area contributed by atoms with Crippen molar-refractivity contribution in [2.45, 2.75) is 32.9 Å². The highest BCUT2D eigenvalue weighted by molar-refractivity contribution is 5.95. The first-order chi connectivity index (χ1) is 12.6. The molecule has 0 saturated heterocycles. The average Bonchev–Trinajstić information content (AvgIpc) is 3.26. The molecule has 1 aromatic carbocycles. The third-order valence-electron chi connectivity index (χ3n) is 4.19. The maximum Gasteiger partial charge on any atom is 0.287 e. The molecule has 0 aliphatic rings. The molecule has 1 unspecified atom stereocenters. The average molecular weight is 354 g/mol. The predicted molar refractivity (Wildman–Crippen MR) is 97.7 cm³/mol. The van der Waals surface area contributed by atoms with Crippen LogP contribution in [-0.4, -0.2) is 34.0 Å². The summed E-state index contributed by atoms with van der Waals surface area (Å²) in [5.74, 6) is 0.513. The Kier molecular flexibility index (Phi) is 5.36. The molecule has 1 atom stereocenters. The van der Waals surface area contributed by atoms with E-state index in [-0.39, 0.29) is 11.7 Å². The molecule has 0 spiro atoms. The van der Waals surface area contributed by atoms with Crippen molar-refractivity contribution in [3.05, 3.63) is 54.2 Å². The van der Waals surface area contributed by atoms with Crippen LogP contribution >= 0.6 is 0 Å². The van der Waals surface area contributed by atoms with Crippen molar-refractivity contribution < 1.29 is 14.0 Å². The monoisotopic (exact) mass is 354 g/mol. The fourth-order valence-electron chi connectivity index (χ4n) is 2.82. The van der Waals surface area contributed by atoms with Gasteiger partial charge < -0.3 is 19.6 Å². The lowest BCUT2D eigenvalue weighted by Gasteiger charge is -2.13. The number of benzene rings is 1. The third-order valence-corrected chi connectivity index (χ3v) is 4.19. The van der Waals surface area contributed by atoms with Crippen LogP contribution in [0, 0.1) is 6.92 Å². The highest BCUT2D eigenvalue weighted by Crippen LogP contribution is 2.15. The van der Waals surface area contributed by atoms with Gasteiger partial charge in [0.1, 0.15) is 11.9 Å². The van der Waals surface area contributed by atoms with Crippen LogP contribution in [0.25, 0.3) is 11.0 Å². The quantitative estimate of drug-likeness (QED) is 0.637. The van der Waals surface area contributed by atoms with E-state index < -0.39 is 11.9 Å². The second-order valence-electron chi connectivity index (χ2n) is 6.12. The molecule has 26 heavy (non-hydrogen) atoms. The van der Waals surface area contributed by atoms with Crippen LogP contribution < -0.4 is 10.6 Å². The van der Waals surface area contributed by atoms with Gasteiger partial charge in [0.05, 0.1) is 17.3 Å². The van der Waals surface area contributed by atoms with E-state index in [1.807, 2.05) is 31.2 Å². The minimum Gasteiger partial charge on any atom is -0.459 e. The normalized spacial score (nSPS) is 12.1. The molecule has 3 rings (SSSR count). The van der Waals surface area contributed by atoms with Crippen LogP contribution in [0.2, 0.25) is 0 Å². The Hall–Kier alpha value is -3.09. The molecule has 0 saturated carbocycles. The topological polar surface area (TPSA) is 89.2 Å². The van der Waals surface area contributed by atoms with Crippen molar-refractivity contribution in [2.24, 2.45) is 0 Å². The highest BCUT2D eigenvalue weighted by Gasteiger charge is 2.17. The number of rotatable bonds is 7. The van der Waals surface area contributed by atoms with Gasteiger partial charge >= 0.3 is 0 Å². The van der Waals surface area contributed by atoms with E-state index in [1.54, 1.807) is 19.1 Å². The maximum atomic E-state index is 12.1. The molecule has 0 bridgehead atoms. The molecule has 0 aliphatic heterocycles. The van der Waals surface area contributed by atoms with Crippen LogP contribution in [0.4, 0.5) is 0 Å².